The predicted molar refractivity (Wildman–Crippen MR) is 130 cm³/mol. The van der Waals surface area contributed by atoms with Crippen LogP contribution in [0.1, 0.15) is 49.0 Å². The number of likely N-dealkylation sites (tertiary alicyclic amines) is 1. The lowest BCUT2D eigenvalue weighted by Gasteiger charge is -2.54. The fourth-order valence-electron chi connectivity index (χ4n) is 6.93. The highest BCUT2D eigenvalue weighted by Gasteiger charge is 2.47. The zero-order chi connectivity index (χ0) is 23.2. The van der Waals surface area contributed by atoms with E-state index in [1.54, 1.807) is 14.2 Å². The van der Waals surface area contributed by atoms with E-state index in [4.69, 9.17) is 9.47 Å². The summed E-state index contributed by atoms with van der Waals surface area (Å²) in [6.45, 7) is 3.17. The quantitative estimate of drug-likeness (QED) is 0.692. The van der Waals surface area contributed by atoms with Crippen molar-refractivity contribution in [2.75, 3.05) is 33.9 Å². The van der Waals surface area contributed by atoms with Gasteiger partial charge in [0, 0.05) is 24.7 Å². The molecule has 34 heavy (non-hydrogen) atoms. The molecule has 1 amide bonds. The van der Waals surface area contributed by atoms with Crippen LogP contribution in [0.5, 0.6) is 11.5 Å². The number of H-pyrrole nitrogens is 1. The topological polar surface area (TPSA) is 70.7 Å². The number of nitrogens with zero attached hydrogens (tertiary/aromatic N) is 3. The number of methoxy groups -OCH3 is 2. The first-order valence-electron chi connectivity index (χ1n) is 12.7. The van der Waals surface area contributed by atoms with Gasteiger partial charge < -0.3 is 14.4 Å². The average Bonchev–Trinajstić information content (AvgIpc) is 3.38. The van der Waals surface area contributed by atoms with E-state index >= 15 is 0 Å². The van der Waals surface area contributed by atoms with Gasteiger partial charge in [0.15, 0.2) is 11.5 Å². The first kappa shape index (κ1) is 21.7. The predicted octanol–water partition coefficient (Wildman–Crippen LogP) is 4.13. The van der Waals surface area contributed by atoms with Gasteiger partial charge in [-0.25, -0.2) is 0 Å². The number of piperidine rings is 3. The molecular weight excluding hydrogens is 428 g/mol. The van der Waals surface area contributed by atoms with Gasteiger partial charge in [-0.2, -0.15) is 5.10 Å². The molecule has 2 bridgehead atoms. The number of carbonyl (C=O) groups is 1. The molecule has 4 aliphatic rings. The summed E-state index contributed by atoms with van der Waals surface area (Å²) in [6, 6.07) is 8.51. The van der Waals surface area contributed by atoms with Crippen molar-refractivity contribution in [2.45, 2.75) is 50.6 Å². The van der Waals surface area contributed by atoms with E-state index in [1.165, 1.54) is 37.8 Å². The number of aromatic nitrogens is 2. The Labute approximate surface area is 201 Å². The van der Waals surface area contributed by atoms with Gasteiger partial charge in [-0.15, -0.1) is 0 Å². The van der Waals surface area contributed by atoms with Crippen molar-refractivity contribution in [3.05, 3.63) is 41.6 Å². The molecule has 3 saturated heterocycles. The van der Waals surface area contributed by atoms with Crippen LogP contribution in [0.25, 0.3) is 11.3 Å². The SMILES string of the molecule is COc1ccc(-c2cc(C(=O)N3CCCC4=CC5CC(CN6CCCCC56)C43)[nH]n2)cc1OC. The van der Waals surface area contributed by atoms with Gasteiger partial charge in [0.25, 0.3) is 5.91 Å². The van der Waals surface area contributed by atoms with Crippen LogP contribution in [-0.2, 0) is 0 Å². The molecule has 3 fully saturated rings. The van der Waals surface area contributed by atoms with Gasteiger partial charge >= 0.3 is 0 Å². The molecule has 1 aromatic carbocycles. The summed E-state index contributed by atoms with van der Waals surface area (Å²) >= 11 is 0. The minimum absolute atomic E-state index is 0.0639. The lowest BCUT2D eigenvalue weighted by Crippen LogP contribution is -2.60. The molecule has 0 spiro atoms. The minimum Gasteiger partial charge on any atom is -0.493 e. The Kier molecular flexibility index (Phi) is 5.60. The van der Waals surface area contributed by atoms with Gasteiger partial charge in [-0.05, 0) is 74.8 Å². The summed E-state index contributed by atoms with van der Waals surface area (Å²) in [5.41, 5.74) is 3.68. The van der Waals surface area contributed by atoms with E-state index in [9.17, 15) is 4.79 Å². The number of hydrogen-bond acceptors (Lipinski definition) is 5. The molecule has 7 nitrogen and oxygen atoms in total. The standard InChI is InChI=1S/C27H34N4O3/c1-33-24-9-8-17(14-25(24)34-2)21-15-22(29-28-21)27(32)31-11-5-6-18-12-19-13-20(26(18)31)16-30-10-4-3-7-23(19)30/h8-9,12,14-15,19-20,23,26H,3-7,10-11,13,16H2,1-2H3,(H,28,29). The molecule has 4 unspecified atom stereocenters. The minimum atomic E-state index is 0.0639. The highest BCUT2D eigenvalue weighted by Crippen LogP contribution is 2.45. The normalized spacial score (nSPS) is 28.5. The first-order chi connectivity index (χ1) is 16.7. The molecule has 7 heteroatoms. The summed E-state index contributed by atoms with van der Waals surface area (Å²) < 4.78 is 10.8. The van der Waals surface area contributed by atoms with Gasteiger partial charge in [0.2, 0.25) is 0 Å². The number of rotatable bonds is 4. The largest absolute Gasteiger partial charge is 0.493 e. The molecule has 0 saturated carbocycles. The van der Waals surface area contributed by atoms with Crippen LogP contribution < -0.4 is 9.47 Å². The Hall–Kier alpha value is -2.80. The molecule has 1 aliphatic carbocycles. The van der Waals surface area contributed by atoms with Gasteiger partial charge in [-0.3, -0.25) is 14.8 Å². The van der Waals surface area contributed by atoms with Crippen LogP contribution in [0.4, 0.5) is 0 Å². The maximum absolute atomic E-state index is 13.7. The summed E-state index contributed by atoms with van der Waals surface area (Å²) in [5.74, 6) is 2.59. The third-order valence-corrected chi connectivity index (χ3v) is 8.41. The zero-order valence-electron chi connectivity index (χ0n) is 20.1. The number of nitrogens with one attached hydrogen (secondary N) is 1. The molecule has 180 valence electrons. The second-order valence-electron chi connectivity index (χ2n) is 10.2. The molecule has 4 heterocycles. The number of aromatic amines is 1. The molecule has 6 rings (SSSR count). The van der Waals surface area contributed by atoms with E-state index in [0.29, 0.717) is 29.0 Å². The molecule has 3 aliphatic heterocycles. The van der Waals surface area contributed by atoms with Crippen molar-refractivity contribution in [3.8, 4) is 22.8 Å². The monoisotopic (exact) mass is 462 g/mol. The molecule has 4 atom stereocenters. The Morgan fingerprint density at radius 1 is 1.09 bits per heavy atom. The van der Waals surface area contributed by atoms with Crippen LogP contribution in [0.2, 0.25) is 0 Å². The maximum atomic E-state index is 13.7. The molecular formula is C27H34N4O3. The second-order valence-corrected chi connectivity index (χ2v) is 10.2. The Morgan fingerprint density at radius 3 is 2.82 bits per heavy atom. The summed E-state index contributed by atoms with van der Waals surface area (Å²) in [7, 11) is 3.24. The molecule has 0 radical (unpaired) electrons. The van der Waals surface area contributed by atoms with Crippen molar-refractivity contribution >= 4 is 5.91 Å². The van der Waals surface area contributed by atoms with Gasteiger partial charge in [-0.1, -0.05) is 18.1 Å². The fraction of sp³-hybridized carbons (Fsp3) is 0.556. The third kappa shape index (κ3) is 3.61. The van der Waals surface area contributed by atoms with Gasteiger partial charge in [0.1, 0.15) is 5.69 Å². The third-order valence-electron chi connectivity index (χ3n) is 8.41. The van der Waals surface area contributed by atoms with Crippen LogP contribution in [0.3, 0.4) is 0 Å². The number of fused-ring (bicyclic) bond motifs is 6. The number of benzene rings is 1. The summed E-state index contributed by atoms with van der Waals surface area (Å²) in [6.07, 6.45) is 9.96. The Balaban J connectivity index is 1.26. The summed E-state index contributed by atoms with van der Waals surface area (Å²) in [4.78, 5) is 18.6. The number of carbonyl (C=O) groups excluding carboxylic acids is 1. The summed E-state index contributed by atoms with van der Waals surface area (Å²) in [5, 5.41) is 7.48. The lowest BCUT2D eigenvalue weighted by molar-refractivity contribution is 0.00131. The average molecular weight is 463 g/mol. The smallest absolute Gasteiger partial charge is 0.272 e. The van der Waals surface area contributed by atoms with E-state index < -0.39 is 0 Å². The molecule has 2 aromatic rings. The zero-order valence-corrected chi connectivity index (χ0v) is 20.1. The highest BCUT2D eigenvalue weighted by atomic mass is 16.5. The Bertz CT molecular complexity index is 1110. The van der Waals surface area contributed by atoms with Gasteiger partial charge in [0.05, 0.1) is 26.0 Å². The van der Waals surface area contributed by atoms with E-state index in [-0.39, 0.29) is 11.9 Å². The first-order valence-corrected chi connectivity index (χ1v) is 12.7. The lowest BCUT2D eigenvalue weighted by atomic mass is 9.68. The van der Waals surface area contributed by atoms with E-state index in [0.717, 1.165) is 43.2 Å². The molecule has 1 aromatic heterocycles. The fourth-order valence-corrected chi connectivity index (χ4v) is 6.93. The number of ether oxygens (including phenoxy) is 2. The molecule has 1 N–H and O–H groups in total. The Morgan fingerprint density at radius 2 is 1.97 bits per heavy atom. The van der Waals surface area contributed by atoms with Crippen molar-refractivity contribution in [1.29, 1.82) is 0 Å². The van der Waals surface area contributed by atoms with E-state index in [1.807, 2.05) is 24.3 Å². The van der Waals surface area contributed by atoms with Crippen molar-refractivity contribution in [2.24, 2.45) is 11.8 Å². The van der Waals surface area contributed by atoms with Crippen LogP contribution in [0.15, 0.2) is 35.9 Å². The van der Waals surface area contributed by atoms with Crippen molar-refractivity contribution in [3.63, 3.8) is 0 Å². The maximum Gasteiger partial charge on any atom is 0.272 e. The van der Waals surface area contributed by atoms with E-state index in [2.05, 4.69) is 26.1 Å². The van der Waals surface area contributed by atoms with Crippen LogP contribution in [0, 0.1) is 11.8 Å². The second kappa shape index (κ2) is 8.77. The highest BCUT2D eigenvalue weighted by molar-refractivity contribution is 5.94. The number of hydrogen-bond donors (Lipinski definition) is 1. The number of amides is 1. The van der Waals surface area contributed by atoms with Crippen molar-refractivity contribution < 1.29 is 14.3 Å². The van der Waals surface area contributed by atoms with Crippen molar-refractivity contribution in [1.82, 2.24) is 20.0 Å². The van der Waals surface area contributed by atoms with Crippen LogP contribution >= 0.6 is 0 Å². The van der Waals surface area contributed by atoms with Crippen LogP contribution in [-0.4, -0.2) is 71.8 Å².